The molecule has 0 fully saturated rings. The van der Waals surface area contributed by atoms with Crippen molar-refractivity contribution in [1.29, 1.82) is 0 Å². The first-order valence-electron chi connectivity index (χ1n) is 8.23. The van der Waals surface area contributed by atoms with Crippen LogP contribution in [0.3, 0.4) is 0 Å². The molecule has 1 unspecified atom stereocenters. The lowest BCUT2D eigenvalue weighted by Crippen LogP contribution is -2.44. The van der Waals surface area contributed by atoms with Gasteiger partial charge in [-0.1, -0.05) is 13.8 Å². The van der Waals surface area contributed by atoms with E-state index in [1.54, 1.807) is 0 Å². The van der Waals surface area contributed by atoms with E-state index in [0.717, 1.165) is 10.6 Å². The highest BCUT2D eigenvalue weighted by Crippen LogP contribution is 2.16. The highest BCUT2D eigenvalue weighted by molar-refractivity contribution is 5.85. The van der Waals surface area contributed by atoms with Gasteiger partial charge in [-0.2, -0.15) is 0 Å². The number of rotatable bonds is 7. The average Bonchev–Trinajstić information content (AvgIpc) is 2.62. The van der Waals surface area contributed by atoms with E-state index < -0.39 is 28.4 Å². The number of carbonyl (C=O) groups excluding carboxylic acids is 2. The first-order valence-corrected chi connectivity index (χ1v) is 8.23. The highest BCUT2D eigenvalue weighted by atomic mass is 16.6. The van der Waals surface area contributed by atoms with Gasteiger partial charge in [0.15, 0.2) is 0 Å². The molecule has 27 heavy (non-hydrogen) atoms. The van der Waals surface area contributed by atoms with Crippen LogP contribution in [0, 0.1) is 16.0 Å². The van der Waals surface area contributed by atoms with Crippen molar-refractivity contribution in [3.05, 3.63) is 45.0 Å². The Morgan fingerprint density at radius 1 is 1.37 bits per heavy atom. The Kier molecular flexibility index (Phi) is 6.22. The van der Waals surface area contributed by atoms with Crippen molar-refractivity contribution in [2.45, 2.75) is 32.9 Å². The quantitative estimate of drug-likeness (QED) is 0.433. The maximum Gasteiger partial charge on any atom is 0.328 e. The standard InChI is InChI=1S/C17H20N4O6/c1-10(2)6-14(17(24)27-3)19-15(22)8-20-9-18-13-5-4-11(21(25)26)7-12(13)16(20)23/h4-5,7,9-10,14H,6,8H2,1-3H3,(H,19,22). The largest absolute Gasteiger partial charge is 0.467 e. The lowest BCUT2D eigenvalue weighted by Gasteiger charge is -2.18. The molecule has 1 N–H and O–H groups in total. The Balaban J connectivity index is 2.25. The molecule has 1 aromatic heterocycles. The number of nitro benzene ring substituents is 1. The fourth-order valence-corrected chi connectivity index (χ4v) is 2.60. The molecule has 10 heteroatoms. The third kappa shape index (κ3) is 4.87. The lowest BCUT2D eigenvalue weighted by atomic mass is 10.0. The summed E-state index contributed by atoms with van der Waals surface area (Å²) in [4.78, 5) is 50.9. The normalized spacial score (nSPS) is 12.0. The molecular formula is C17H20N4O6. The van der Waals surface area contributed by atoms with Crippen molar-refractivity contribution >= 4 is 28.5 Å². The topological polar surface area (TPSA) is 133 Å². The molecule has 2 rings (SSSR count). The van der Waals surface area contributed by atoms with Crippen LogP contribution in [0.15, 0.2) is 29.3 Å². The number of amides is 1. The molecule has 1 heterocycles. The zero-order chi connectivity index (χ0) is 20.1. The predicted octanol–water partition coefficient (Wildman–Crippen LogP) is 1.01. The van der Waals surface area contributed by atoms with E-state index in [0.29, 0.717) is 6.42 Å². The minimum Gasteiger partial charge on any atom is -0.467 e. The molecule has 0 spiro atoms. The first kappa shape index (κ1) is 20.0. The summed E-state index contributed by atoms with van der Waals surface area (Å²) < 4.78 is 5.72. The summed E-state index contributed by atoms with van der Waals surface area (Å²) in [6.07, 6.45) is 1.57. The van der Waals surface area contributed by atoms with Crippen LogP contribution in [0.4, 0.5) is 5.69 Å². The Morgan fingerprint density at radius 2 is 2.07 bits per heavy atom. The summed E-state index contributed by atoms with van der Waals surface area (Å²) >= 11 is 0. The fraction of sp³-hybridized carbons (Fsp3) is 0.412. The molecule has 144 valence electrons. The summed E-state index contributed by atoms with van der Waals surface area (Å²) in [5, 5.41) is 13.5. The van der Waals surface area contributed by atoms with Crippen LogP contribution in [-0.2, 0) is 20.9 Å². The van der Waals surface area contributed by atoms with E-state index >= 15 is 0 Å². The molecular weight excluding hydrogens is 356 g/mol. The fourth-order valence-electron chi connectivity index (χ4n) is 2.60. The predicted molar refractivity (Wildman–Crippen MR) is 96.1 cm³/mol. The first-order chi connectivity index (χ1) is 12.7. The lowest BCUT2D eigenvalue weighted by molar-refractivity contribution is -0.384. The van der Waals surface area contributed by atoms with Gasteiger partial charge in [0.25, 0.3) is 11.2 Å². The van der Waals surface area contributed by atoms with Crippen molar-refractivity contribution < 1.29 is 19.2 Å². The molecule has 2 aromatic rings. The van der Waals surface area contributed by atoms with Gasteiger partial charge in [0.1, 0.15) is 12.6 Å². The van der Waals surface area contributed by atoms with E-state index in [-0.39, 0.29) is 29.1 Å². The second-order valence-corrected chi connectivity index (χ2v) is 6.41. The van der Waals surface area contributed by atoms with Crippen LogP contribution in [0.25, 0.3) is 10.9 Å². The van der Waals surface area contributed by atoms with Gasteiger partial charge in [0, 0.05) is 12.1 Å². The number of fused-ring (bicyclic) bond motifs is 1. The Hall–Kier alpha value is -3.30. The van der Waals surface area contributed by atoms with Gasteiger partial charge in [0.2, 0.25) is 5.91 Å². The van der Waals surface area contributed by atoms with Crippen molar-refractivity contribution in [2.24, 2.45) is 5.92 Å². The number of esters is 1. The average molecular weight is 376 g/mol. The minimum absolute atomic E-state index is 0.0335. The van der Waals surface area contributed by atoms with Crippen LogP contribution >= 0.6 is 0 Å². The van der Waals surface area contributed by atoms with Gasteiger partial charge in [-0.15, -0.1) is 0 Å². The van der Waals surface area contributed by atoms with Gasteiger partial charge in [-0.25, -0.2) is 9.78 Å². The van der Waals surface area contributed by atoms with E-state index in [4.69, 9.17) is 0 Å². The summed E-state index contributed by atoms with van der Waals surface area (Å²) in [6.45, 7) is 3.41. The number of nitrogens with zero attached hydrogens (tertiary/aromatic N) is 3. The van der Waals surface area contributed by atoms with Crippen LogP contribution in [-0.4, -0.2) is 39.5 Å². The summed E-state index contributed by atoms with van der Waals surface area (Å²) in [5.74, 6) is -1.00. The molecule has 0 aliphatic rings. The number of nitrogens with one attached hydrogen (secondary N) is 1. The second kappa shape index (κ2) is 8.39. The highest BCUT2D eigenvalue weighted by Gasteiger charge is 2.23. The maximum atomic E-state index is 12.5. The molecule has 0 bridgehead atoms. The van der Waals surface area contributed by atoms with E-state index in [2.05, 4.69) is 15.0 Å². The molecule has 0 aliphatic carbocycles. The van der Waals surface area contributed by atoms with Gasteiger partial charge < -0.3 is 10.1 Å². The Bertz CT molecular complexity index is 937. The van der Waals surface area contributed by atoms with Gasteiger partial charge in [-0.3, -0.25) is 24.3 Å². The number of methoxy groups -OCH3 is 1. The summed E-state index contributed by atoms with van der Waals surface area (Å²) in [7, 11) is 1.23. The van der Waals surface area contributed by atoms with Crippen LogP contribution < -0.4 is 10.9 Å². The number of hydrogen-bond acceptors (Lipinski definition) is 7. The maximum absolute atomic E-state index is 12.5. The van der Waals surface area contributed by atoms with Crippen LogP contribution in [0.5, 0.6) is 0 Å². The van der Waals surface area contributed by atoms with Gasteiger partial charge in [0.05, 0.1) is 29.3 Å². The molecule has 1 amide bonds. The smallest absolute Gasteiger partial charge is 0.328 e. The van der Waals surface area contributed by atoms with Crippen LogP contribution in [0.2, 0.25) is 0 Å². The molecule has 1 atom stereocenters. The zero-order valence-corrected chi connectivity index (χ0v) is 15.2. The Morgan fingerprint density at radius 3 is 2.67 bits per heavy atom. The number of ether oxygens (including phenoxy) is 1. The number of benzene rings is 1. The van der Waals surface area contributed by atoms with Gasteiger partial charge >= 0.3 is 5.97 Å². The minimum atomic E-state index is -0.826. The van der Waals surface area contributed by atoms with E-state index in [1.165, 1.54) is 25.6 Å². The molecule has 0 saturated carbocycles. The second-order valence-electron chi connectivity index (χ2n) is 6.41. The molecule has 0 saturated heterocycles. The summed E-state index contributed by atoms with van der Waals surface area (Å²) in [5.41, 5.74) is -0.543. The number of aromatic nitrogens is 2. The van der Waals surface area contributed by atoms with Crippen molar-refractivity contribution in [3.8, 4) is 0 Å². The monoisotopic (exact) mass is 376 g/mol. The van der Waals surface area contributed by atoms with E-state index in [1.807, 2.05) is 13.8 Å². The number of nitro groups is 1. The number of carbonyl (C=O) groups is 2. The third-order valence-corrected chi connectivity index (χ3v) is 3.86. The SMILES string of the molecule is COC(=O)C(CC(C)C)NC(=O)Cn1cnc2ccc([N+](=O)[O-])cc2c1=O. The van der Waals surface area contributed by atoms with Crippen molar-refractivity contribution in [3.63, 3.8) is 0 Å². The number of non-ortho nitro benzene ring substituents is 1. The van der Waals surface area contributed by atoms with Crippen LogP contribution in [0.1, 0.15) is 20.3 Å². The molecule has 0 aliphatic heterocycles. The molecule has 1 aromatic carbocycles. The van der Waals surface area contributed by atoms with Gasteiger partial charge in [-0.05, 0) is 18.4 Å². The Labute approximate surface area is 154 Å². The summed E-state index contributed by atoms with van der Waals surface area (Å²) in [6, 6.07) is 2.91. The van der Waals surface area contributed by atoms with Crippen molar-refractivity contribution in [1.82, 2.24) is 14.9 Å². The van der Waals surface area contributed by atoms with Crippen molar-refractivity contribution in [2.75, 3.05) is 7.11 Å². The number of hydrogen-bond donors (Lipinski definition) is 1. The third-order valence-electron chi connectivity index (χ3n) is 3.86. The molecule has 10 nitrogen and oxygen atoms in total. The van der Waals surface area contributed by atoms with E-state index in [9.17, 15) is 24.5 Å². The zero-order valence-electron chi connectivity index (χ0n) is 15.2. The molecule has 0 radical (unpaired) electrons.